The standard InChI is InChI=1S/C55H94NO8P/c1-3-5-7-9-11-13-15-17-19-21-23-25-26-28-30-32-34-36-38-40-42-44-46-48-55(58)64-53(52-63-65(59,60)62-50-49-56)51-61-54(57)47-45-43-41-39-37-35-33-31-29-27-24-22-20-18-16-14-12-10-8-6-4-2/h5-8,11-14,17-20,23-25,27,53H,3-4,9-10,15-16,21-22,26,28-52,56H2,1-2H3,(H,59,60)/b7-5-,8-6-,13-11-,14-12-,19-17-,20-18-,25-23-,27-24-. The molecule has 3 N–H and O–H groups in total. The number of phosphoric ester groups is 1. The summed E-state index contributed by atoms with van der Waals surface area (Å²) in [5, 5.41) is 0. The molecule has 372 valence electrons. The fourth-order valence-corrected chi connectivity index (χ4v) is 7.50. The van der Waals surface area contributed by atoms with Crippen molar-refractivity contribution in [2.45, 2.75) is 213 Å². The average molecular weight is 928 g/mol. The first kappa shape index (κ1) is 61.9. The van der Waals surface area contributed by atoms with Crippen molar-refractivity contribution in [3.8, 4) is 0 Å². The minimum atomic E-state index is -4.39. The number of nitrogens with two attached hydrogens (primary N) is 1. The van der Waals surface area contributed by atoms with Gasteiger partial charge in [0.2, 0.25) is 0 Å². The molecule has 0 radical (unpaired) electrons. The lowest BCUT2D eigenvalue weighted by molar-refractivity contribution is -0.161. The van der Waals surface area contributed by atoms with Gasteiger partial charge in [-0.05, 0) is 89.9 Å². The Kier molecular flexibility index (Phi) is 48.0. The summed E-state index contributed by atoms with van der Waals surface area (Å²) in [5.41, 5.74) is 5.37. The molecule has 0 rings (SSSR count). The van der Waals surface area contributed by atoms with Crippen LogP contribution in [0.1, 0.15) is 206 Å². The summed E-state index contributed by atoms with van der Waals surface area (Å²) >= 11 is 0. The SMILES string of the molecule is CC/C=C\C/C=C\C/C=C\C/C=C\CCCCCCCCCCCCC(=O)OC(COC(=O)CCCCCCCCCC/C=C\C/C=C\C/C=C\C/C=C\CC)COP(=O)(O)OCCN. The Hall–Kier alpha value is -3.07. The lowest BCUT2D eigenvalue weighted by atomic mass is 10.0. The van der Waals surface area contributed by atoms with Crippen molar-refractivity contribution in [1.29, 1.82) is 0 Å². The molecule has 0 saturated heterocycles. The number of carbonyl (C=O) groups is 2. The predicted molar refractivity (Wildman–Crippen MR) is 275 cm³/mol. The van der Waals surface area contributed by atoms with Crippen LogP contribution >= 0.6 is 7.82 Å². The molecule has 10 heteroatoms. The Morgan fingerprint density at radius 2 is 0.800 bits per heavy atom. The van der Waals surface area contributed by atoms with Gasteiger partial charge in [0.1, 0.15) is 6.61 Å². The normalized spacial score (nSPS) is 14.0. The molecule has 0 heterocycles. The van der Waals surface area contributed by atoms with Gasteiger partial charge in [-0.2, -0.15) is 0 Å². The fraction of sp³-hybridized carbons (Fsp3) is 0.673. The maximum absolute atomic E-state index is 12.7. The minimum Gasteiger partial charge on any atom is -0.462 e. The largest absolute Gasteiger partial charge is 0.472 e. The highest BCUT2D eigenvalue weighted by atomic mass is 31.2. The first-order valence-corrected chi connectivity index (χ1v) is 27.2. The zero-order chi connectivity index (χ0) is 47.4. The molecule has 0 aliphatic carbocycles. The molecule has 0 amide bonds. The zero-order valence-corrected chi connectivity index (χ0v) is 42.1. The van der Waals surface area contributed by atoms with Crippen LogP contribution in [-0.2, 0) is 32.7 Å². The number of carbonyl (C=O) groups excluding carboxylic acids is 2. The van der Waals surface area contributed by atoms with Crippen molar-refractivity contribution >= 4 is 19.8 Å². The van der Waals surface area contributed by atoms with E-state index in [1.807, 2.05) is 0 Å². The van der Waals surface area contributed by atoms with Gasteiger partial charge in [0.05, 0.1) is 13.2 Å². The van der Waals surface area contributed by atoms with Crippen molar-refractivity contribution in [1.82, 2.24) is 0 Å². The molecular formula is C55H94NO8P. The first-order chi connectivity index (χ1) is 31.8. The molecule has 2 unspecified atom stereocenters. The molecule has 65 heavy (non-hydrogen) atoms. The molecule has 0 fully saturated rings. The van der Waals surface area contributed by atoms with Crippen molar-refractivity contribution < 1.29 is 37.6 Å². The smallest absolute Gasteiger partial charge is 0.462 e. The second kappa shape index (κ2) is 50.3. The van der Waals surface area contributed by atoms with E-state index in [1.165, 1.54) is 64.2 Å². The van der Waals surface area contributed by atoms with Crippen LogP contribution in [0.15, 0.2) is 97.2 Å². The highest BCUT2D eigenvalue weighted by Crippen LogP contribution is 2.43. The van der Waals surface area contributed by atoms with Crippen LogP contribution in [0.25, 0.3) is 0 Å². The van der Waals surface area contributed by atoms with Crippen LogP contribution in [0, 0.1) is 0 Å². The second-order valence-corrected chi connectivity index (χ2v) is 18.1. The topological polar surface area (TPSA) is 134 Å². The number of allylic oxidation sites excluding steroid dienone is 16. The summed E-state index contributed by atoms with van der Waals surface area (Å²) in [6, 6.07) is 0. The van der Waals surface area contributed by atoms with Crippen LogP contribution in [-0.4, -0.2) is 49.3 Å². The van der Waals surface area contributed by atoms with Crippen LogP contribution in [0.3, 0.4) is 0 Å². The van der Waals surface area contributed by atoms with E-state index in [2.05, 4.69) is 111 Å². The molecule has 0 aliphatic rings. The third kappa shape index (κ3) is 50.2. The number of hydrogen-bond acceptors (Lipinski definition) is 8. The number of ether oxygens (including phenoxy) is 2. The van der Waals surface area contributed by atoms with Crippen molar-refractivity contribution in [2.24, 2.45) is 5.73 Å². The summed E-state index contributed by atoms with van der Waals surface area (Å²) in [6.45, 7) is 3.50. The Morgan fingerprint density at radius 3 is 1.18 bits per heavy atom. The van der Waals surface area contributed by atoms with Gasteiger partial charge < -0.3 is 20.1 Å². The molecule has 0 aromatic rings. The van der Waals surface area contributed by atoms with Gasteiger partial charge in [-0.15, -0.1) is 0 Å². The summed E-state index contributed by atoms with van der Waals surface area (Å²) in [6.07, 6.45) is 65.8. The van der Waals surface area contributed by atoms with E-state index in [0.717, 1.165) is 109 Å². The lowest BCUT2D eigenvalue weighted by Gasteiger charge is -2.19. The van der Waals surface area contributed by atoms with Gasteiger partial charge in [0, 0.05) is 19.4 Å². The maximum Gasteiger partial charge on any atom is 0.472 e. The van der Waals surface area contributed by atoms with E-state index < -0.39 is 32.5 Å². The Bertz CT molecular complexity index is 1380. The quantitative estimate of drug-likeness (QED) is 0.0265. The van der Waals surface area contributed by atoms with E-state index in [4.69, 9.17) is 24.3 Å². The molecule has 0 aromatic heterocycles. The monoisotopic (exact) mass is 928 g/mol. The first-order valence-electron chi connectivity index (χ1n) is 25.7. The van der Waals surface area contributed by atoms with E-state index in [-0.39, 0.29) is 32.6 Å². The molecule has 0 spiro atoms. The van der Waals surface area contributed by atoms with Crippen molar-refractivity contribution in [3.05, 3.63) is 97.2 Å². The van der Waals surface area contributed by atoms with Crippen LogP contribution < -0.4 is 5.73 Å². The molecule has 0 saturated carbocycles. The van der Waals surface area contributed by atoms with Gasteiger partial charge in [0.25, 0.3) is 0 Å². The Morgan fingerprint density at radius 1 is 0.462 bits per heavy atom. The summed E-state index contributed by atoms with van der Waals surface area (Å²) in [5.74, 6) is -0.847. The van der Waals surface area contributed by atoms with Crippen molar-refractivity contribution in [3.63, 3.8) is 0 Å². The molecular weight excluding hydrogens is 834 g/mol. The van der Waals surface area contributed by atoms with Gasteiger partial charge in [-0.25, -0.2) is 4.57 Å². The molecule has 0 bridgehead atoms. The Labute approximate surface area is 397 Å². The van der Waals surface area contributed by atoms with E-state index in [9.17, 15) is 19.0 Å². The summed E-state index contributed by atoms with van der Waals surface area (Å²) in [4.78, 5) is 35.1. The third-order valence-corrected chi connectivity index (χ3v) is 11.4. The highest BCUT2D eigenvalue weighted by Gasteiger charge is 2.26. The summed E-state index contributed by atoms with van der Waals surface area (Å²) in [7, 11) is -4.39. The summed E-state index contributed by atoms with van der Waals surface area (Å²) < 4.78 is 32.9. The number of esters is 2. The van der Waals surface area contributed by atoms with Gasteiger partial charge >= 0.3 is 19.8 Å². The second-order valence-electron chi connectivity index (χ2n) is 16.6. The van der Waals surface area contributed by atoms with Gasteiger partial charge in [0.15, 0.2) is 6.10 Å². The highest BCUT2D eigenvalue weighted by molar-refractivity contribution is 7.47. The molecule has 0 aliphatic heterocycles. The van der Waals surface area contributed by atoms with Crippen molar-refractivity contribution in [2.75, 3.05) is 26.4 Å². The zero-order valence-electron chi connectivity index (χ0n) is 41.2. The molecule has 9 nitrogen and oxygen atoms in total. The number of rotatable bonds is 47. The van der Waals surface area contributed by atoms with E-state index in [0.29, 0.717) is 6.42 Å². The third-order valence-electron chi connectivity index (χ3n) is 10.5. The van der Waals surface area contributed by atoms with Gasteiger partial charge in [-0.1, -0.05) is 201 Å². The lowest BCUT2D eigenvalue weighted by Crippen LogP contribution is -2.29. The van der Waals surface area contributed by atoms with E-state index >= 15 is 0 Å². The molecule has 2 atom stereocenters. The number of hydrogen-bond donors (Lipinski definition) is 2. The number of unbranched alkanes of at least 4 members (excludes halogenated alkanes) is 18. The van der Waals surface area contributed by atoms with Crippen LogP contribution in [0.5, 0.6) is 0 Å². The van der Waals surface area contributed by atoms with Crippen LogP contribution in [0.4, 0.5) is 0 Å². The minimum absolute atomic E-state index is 0.0466. The fourth-order valence-electron chi connectivity index (χ4n) is 6.73. The number of phosphoric acid groups is 1. The predicted octanol–water partition coefficient (Wildman–Crippen LogP) is 15.7. The maximum atomic E-state index is 12.7. The van der Waals surface area contributed by atoms with Gasteiger partial charge in [-0.3, -0.25) is 18.6 Å². The average Bonchev–Trinajstić information content (AvgIpc) is 3.30. The Balaban J connectivity index is 4.08. The molecule has 0 aromatic carbocycles. The van der Waals surface area contributed by atoms with E-state index in [1.54, 1.807) is 0 Å². The van der Waals surface area contributed by atoms with Crippen LogP contribution in [0.2, 0.25) is 0 Å².